The van der Waals surface area contributed by atoms with Crippen LogP contribution in [0.2, 0.25) is 0 Å². The summed E-state index contributed by atoms with van der Waals surface area (Å²) >= 11 is 0. The second-order valence-corrected chi connectivity index (χ2v) is 7.12. The lowest BCUT2D eigenvalue weighted by atomic mass is 9.88. The van der Waals surface area contributed by atoms with Gasteiger partial charge in [0, 0.05) is 6.54 Å². The molecule has 1 aromatic rings. The van der Waals surface area contributed by atoms with E-state index in [4.69, 9.17) is 4.74 Å². The maximum Gasteiger partial charge on any atom is 0.411 e. The molecule has 1 amide bonds. The topological polar surface area (TPSA) is 66.8 Å². The Kier molecular flexibility index (Phi) is 5.29. The zero-order chi connectivity index (χ0) is 17.0. The molecule has 1 saturated heterocycles. The van der Waals surface area contributed by atoms with E-state index in [0.29, 0.717) is 13.0 Å². The molecule has 0 spiro atoms. The Morgan fingerprint density at radius 3 is 2.43 bits per heavy atom. The fraction of sp³-hybridized carbons (Fsp3) is 0.556. The van der Waals surface area contributed by atoms with Crippen LogP contribution in [0, 0.1) is 5.92 Å². The number of hydrogen-bond donors (Lipinski definition) is 1. The van der Waals surface area contributed by atoms with Gasteiger partial charge in [0.1, 0.15) is 11.6 Å². The summed E-state index contributed by atoms with van der Waals surface area (Å²) in [6.45, 7) is 5.77. The van der Waals surface area contributed by atoms with E-state index >= 15 is 0 Å². The minimum absolute atomic E-state index is 0.250. The number of rotatable bonds is 3. The van der Waals surface area contributed by atoms with Crippen molar-refractivity contribution in [2.45, 2.75) is 51.7 Å². The van der Waals surface area contributed by atoms with Crippen molar-refractivity contribution in [1.82, 2.24) is 4.90 Å². The Morgan fingerprint density at radius 2 is 1.87 bits per heavy atom. The number of nitrogens with zero attached hydrogens (tertiary/aromatic N) is 1. The van der Waals surface area contributed by atoms with Crippen LogP contribution in [0.15, 0.2) is 30.3 Å². The monoisotopic (exact) mass is 319 g/mol. The Hall–Kier alpha value is -2.04. The first-order chi connectivity index (χ1) is 10.8. The van der Waals surface area contributed by atoms with E-state index in [2.05, 4.69) is 12.1 Å². The van der Waals surface area contributed by atoms with Crippen molar-refractivity contribution in [3.05, 3.63) is 35.9 Å². The number of hydrogen-bond acceptors (Lipinski definition) is 3. The van der Waals surface area contributed by atoms with Gasteiger partial charge in [0.2, 0.25) is 0 Å². The molecule has 0 radical (unpaired) electrons. The van der Waals surface area contributed by atoms with Gasteiger partial charge in [0.15, 0.2) is 0 Å². The molecule has 1 N–H and O–H groups in total. The largest absolute Gasteiger partial charge is 0.480 e. The predicted octanol–water partition coefficient (Wildman–Crippen LogP) is 3.33. The number of ether oxygens (including phenoxy) is 1. The highest BCUT2D eigenvalue weighted by Crippen LogP contribution is 2.27. The molecule has 5 heteroatoms. The molecular weight excluding hydrogens is 294 g/mol. The number of benzene rings is 1. The minimum atomic E-state index is -0.964. The van der Waals surface area contributed by atoms with Gasteiger partial charge in [-0.25, -0.2) is 9.59 Å². The first kappa shape index (κ1) is 17.3. The molecule has 0 aromatic heterocycles. The number of amides is 1. The smallest absolute Gasteiger partial charge is 0.411 e. The maximum atomic E-state index is 12.4. The molecule has 0 saturated carbocycles. The first-order valence-corrected chi connectivity index (χ1v) is 8.02. The van der Waals surface area contributed by atoms with E-state index in [1.165, 1.54) is 10.5 Å². The van der Waals surface area contributed by atoms with Crippen molar-refractivity contribution in [1.29, 1.82) is 0 Å². The molecule has 1 aromatic carbocycles. The molecule has 126 valence electrons. The second-order valence-electron chi connectivity index (χ2n) is 7.12. The molecule has 2 rings (SSSR count). The molecule has 0 unspecified atom stereocenters. The zero-order valence-electron chi connectivity index (χ0n) is 14.0. The van der Waals surface area contributed by atoms with E-state index in [1.807, 2.05) is 18.2 Å². The summed E-state index contributed by atoms with van der Waals surface area (Å²) in [5.41, 5.74) is 0.572. The third-order valence-electron chi connectivity index (χ3n) is 3.96. The van der Waals surface area contributed by atoms with Crippen LogP contribution in [0.3, 0.4) is 0 Å². The minimum Gasteiger partial charge on any atom is -0.480 e. The van der Waals surface area contributed by atoms with Gasteiger partial charge < -0.3 is 9.84 Å². The lowest BCUT2D eigenvalue weighted by Crippen LogP contribution is -2.52. The quantitative estimate of drug-likeness (QED) is 0.928. The van der Waals surface area contributed by atoms with Crippen molar-refractivity contribution in [2.24, 2.45) is 5.92 Å². The van der Waals surface area contributed by atoms with Crippen LogP contribution < -0.4 is 0 Å². The van der Waals surface area contributed by atoms with Gasteiger partial charge in [0.25, 0.3) is 0 Å². The lowest BCUT2D eigenvalue weighted by molar-refractivity contribution is -0.145. The molecular formula is C18H25NO4. The molecule has 1 heterocycles. The number of carboxylic acid groups (broad SMARTS) is 1. The number of carbonyl (C=O) groups is 2. The molecule has 1 fully saturated rings. The Bertz CT molecular complexity index is 550. The number of piperidine rings is 1. The number of aliphatic carboxylic acids is 1. The van der Waals surface area contributed by atoms with Crippen LogP contribution in [-0.2, 0) is 16.0 Å². The SMILES string of the molecule is CC(C)(C)OC(=O)N1C[C@@H](Cc2ccccc2)CC[C@H]1C(=O)O. The highest BCUT2D eigenvalue weighted by Gasteiger charge is 2.38. The normalized spacial score (nSPS) is 21.8. The summed E-state index contributed by atoms with van der Waals surface area (Å²) in [4.78, 5) is 25.2. The van der Waals surface area contributed by atoms with Gasteiger partial charge in [-0.05, 0) is 51.5 Å². The van der Waals surface area contributed by atoms with Crippen LogP contribution in [0.4, 0.5) is 4.79 Å². The fourth-order valence-electron chi connectivity index (χ4n) is 2.94. The summed E-state index contributed by atoms with van der Waals surface area (Å²) in [5, 5.41) is 9.38. The molecule has 1 aliphatic heterocycles. The van der Waals surface area contributed by atoms with E-state index < -0.39 is 23.7 Å². The summed E-state index contributed by atoms with van der Waals surface area (Å²) in [5.74, 6) is -0.713. The van der Waals surface area contributed by atoms with Crippen molar-refractivity contribution in [3.63, 3.8) is 0 Å². The Labute approximate surface area is 137 Å². The predicted molar refractivity (Wildman–Crippen MR) is 87.2 cm³/mol. The average molecular weight is 319 g/mol. The number of carbonyl (C=O) groups excluding carboxylic acids is 1. The fourth-order valence-corrected chi connectivity index (χ4v) is 2.94. The van der Waals surface area contributed by atoms with Gasteiger partial charge in [-0.2, -0.15) is 0 Å². The standard InChI is InChI=1S/C18H25NO4/c1-18(2,3)23-17(22)19-12-14(9-10-15(19)16(20)21)11-13-7-5-4-6-8-13/h4-8,14-15H,9-12H2,1-3H3,(H,20,21)/t14-,15+/m1/s1. The van der Waals surface area contributed by atoms with Crippen LogP contribution in [-0.4, -0.2) is 40.3 Å². The Morgan fingerprint density at radius 1 is 1.22 bits per heavy atom. The highest BCUT2D eigenvalue weighted by atomic mass is 16.6. The molecule has 0 aliphatic carbocycles. The van der Waals surface area contributed by atoms with Crippen molar-refractivity contribution >= 4 is 12.1 Å². The van der Waals surface area contributed by atoms with Crippen LogP contribution in [0.1, 0.15) is 39.2 Å². The Balaban J connectivity index is 2.08. The highest BCUT2D eigenvalue weighted by molar-refractivity contribution is 5.80. The van der Waals surface area contributed by atoms with Gasteiger partial charge in [0.05, 0.1) is 0 Å². The second kappa shape index (κ2) is 7.02. The molecule has 5 nitrogen and oxygen atoms in total. The first-order valence-electron chi connectivity index (χ1n) is 8.02. The average Bonchev–Trinajstić information content (AvgIpc) is 2.46. The van der Waals surface area contributed by atoms with Crippen molar-refractivity contribution in [2.75, 3.05) is 6.54 Å². The van der Waals surface area contributed by atoms with Crippen LogP contribution >= 0.6 is 0 Å². The summed E-state index contributed by atoms with van der Waals surface area (Å²) in [7, 11) is 0. The van der Waals surface area contributed by atoms with E-state index in [1.54, 1.807) is 20.8 Å². The van der Waals surface area contributed by atoms with Gasteiger partial charge in [-0.15, -0.1) is 0 Å². The zero-order valence-corrected chi connectivity index (χ0v) is 14.0. The summed E-state index contributed by atoms with van der Waals surface area (Å²) < 4.78 is 5.38. The third-order valence-corrected chi connectivity index (χ3v) is 3.96. The van der Waals surface area contributed by atoms with E-state index in [9.17, 15) is 14.7 Å². The third kappa shape index (κ3) is 4.98. The number of carboxylic acids is 1. The van der Waals surface area contributed by atoms with Crippen molar-refractivity contribution < 1.29 is 19.4 Å². The van der Waals surface area contributed by atoms with Gasteiger partial charge in [-0.1, -0.05) is 30.3 Å². The van der Waals surface area contributed by atoms with Gasteiger partial charge in [-0.3, -0.25) is 4.90 Å². The van der Waals surface area contributed by atoms with Crippen LogP contribution in [0.25, 0.3) is 0 Å². The van der Waals surface area contributed by atoms with Crippen LogP contribution in [0.5, 0.6) is 0 Å². The summed E-state index contributed by atoms with van der Waals surface area (Å²) in [6.07, 6.45) is 1.56. The van der Waals surface area contributed by atoms with Crippen molar-refractivity contribution in [3.8, 4) is 0 Å². The lowest BCUT2D eigenvalue weighted by Gasteiger charge is -2.38. The van der Waals surface area contributed by atoms with E-state index in [0.717, 1.165) is 12.8 Å². The number of likely N-dealkylation sites (tertiary alicyclic amines) is 1. The molecule has 2 atom stereocenters. The molecule has 1 aliphatic rings. The molecule has 0 bridgehead atoms. The summed E-state index contributed by atoms with van der Waals surface area (Å²) in [6, 6.07) is 9.27. The van der Waals surface area contributed by atoms with Gasteiger partial charge >= 0.3 is 12.1 Å². The maximum absolute atomic E-state index is 12.4. The van der Waals surface area contributed by atoms with E-state index in [-0.39, 0.29) is 5.92 Å². The molecule has 23 heavy (non-hydrogen) atoms.